The Hall–Kier alpha value is -7.73. The summed E-state index contributed by atoms with van der Waals surface area (Å²) >= 11 is 1.84. The van der Waals surface area contributed by atoms with Crippen molar-refractivity contribution >= 4 is 59.3 Å². The second kappa shape index (κ2) is 15.1. The van der Waals surface area contributed by atoms with Crippen LogP contribution in [0.2, 0.25) is 0 Å². The summed E-state index contributed by atoms with van der Waals surface area (Å²) in [5.74, 6) is 1.91. The van der Waals surface area contributed by atoms with Gasteiger partial charge in [-0.25, -0.2) is 15.0 Å². The zero-order valence-corrected chi connectivity index (χ0v) is 34.3. The van der Waals surface area contributed by atoms with E-state index >= 15 is 0 Å². The lowest BCUT2D eigenvalue weighted by Gasteiger charge is -2.14. The number of aromatic nitrogens is 4. The number of allylic oxidation sites excluding steroid dienone is 2. The quantitative estimate of drug-likeness (QED) is 0.144. The van der Waals surface area contributed by atoms with Gasteiger partial charge in [-0.05, 0) is 64.7 Å². The highest BCUT2D eigenvalue weighted by Crippen LogP contribution is 2.44. The van der Waals surface area contributed by atoms with E-state index in [4.69, 9.17) is 15.0 Å². The number of hydrogen-bond acceptors (Lipinski definition) is 4. The molecule has 0 saturated heterocycles. The lowest BCUT2D eigenvalue weighted by atomic mass is 9.97. The lowest BCUT2D eigenvalue weighted by molar-refractivity contribution is 1.05. The molecule has 0 saturated carbocycles. The van der Waals surface area contributed by atoms with Crippen molar-refractivity contribution in [3.8, 4) is 62.1 Å². The Morgan fingerprint density at radius 1 is 0.492 bits per heavy atom. The summed E-state index contributed by atoms with van der Waals surface area (Å²) < 4.78 is 4.94. The van der Waals surface area contributed by atoms with Crippen LogP contribution in [0.3, 0.4) is 0 Å². The molecule has 0 radical (unpaired) electrons. The first kappa shape index (κ1) is 36.4. The molecule has 4 nitrogen and oxygen atoms in total. The van der Waals surface area contributed by atoms with Crippen LogP contribution in [0.1, 0.15) is 11.3 Å². The van der Waals surface area contributed by atoms with Crippen LogP contribution in [0.15, 0.2) is 201 Å². The van der Waals surface area contributed by atoms with Gasteiger partial charge in [0.1, 0.15) is 0 Å². The van der Waals surface area contributed by atoms with Crippen LogP contribution < -0.4 is 0 Å². The number of thiophene rings is 1. The van der Waals surface area contributed by atoms with Gasteiger partial charge in [-0.15, -0.1) is 11.3 Å². The molecule has 0 aliphatic heterocycles. The molecule has 0 aliphatic rings. The maximum Gasteiger partial charge on any atom is 0.164 e. The molecule has 8 aromatic carbocycles. The van der Waals surface area contributed by atoms with E-state index in [9.17, 15) is 0 Å². The molecule has 0 atom stereocenters. The molecule has 0 spiro atoms. The smallest absolute Gasteiger partial charge is 0.164 e. The van der Waals surface area contributed by atoms with Gasteiger partial charge in [0.05, 0.1) is 5.52 Å². The van der Waals surface area contributed by atoms with Crippen molar-refractivity contribution in [3.05, 3.63) is 212 Å². The fourth-order valence-corrected chi connectivity index (χ4v) is 9.93. The molecule has 3 aromatic heterocycles. The number of benzene rings is 8. The molecular weight excluding hydrogens is 761 g/mol. The molecule has 0 aliphatic carbocycles. The first-order valence-electron chi connectivity index (χ1n) is 20.5. The summed E-state index contributed by atoms with van der Waals surface area (Å²) in [6.07, 6.45) is 6.06. The van der Waals surface area contributed by atoms with Crippen molar-refractivity contribution in [1.82, 2.24) is 19.5 Å². The third kappa shape index (κ3) is 6.44. The second-order valence-corrected chi connectivity index (χ2v) is 16.3. The Morgan fingerprint density at radius 3 is 1.85 bits per heavy atom. The molecule has 0 fully saturated rings. The number of hydrogen-bond donors (Lipinski definition) is 0. The summed E-state index contributed by atoms with van der Waals surface area (Å²) in [5.41, 5.74) is 12.1. The Morgan fingerprint density at radius 2 is 1.10 bits per heavy atom. The van der Waals surface area contributed by atoms with E-state index in [0.717, 1.165) is 44.7 Å². The molecule has 11 rings (SSSR count). The van der Waals surface area contributed by atoms with Gasteiger partial charge in [0.15, 0.2) is 17.5 Å². The van der Waals surface area contributed by atoms with E-state index in [0.29, 0.717) is 17.5 Å². The monoisotopic (exact) mass is 798 g/mol. The second-order valence-electron chi connectivity index (χ2n) is 15.3. The zero-order chi connectivity index (χ0) is 40.9. The third-order valence-electron chi connectivity index (χ3n) is 11.6. The van der Waals surface area contributed by atoms with Gasteiger partial charge in [0.25, 0.3) is 0 Å². The van der Waals surface area contributed by atoms with Crippen molar-refractivity contribution in [2.75, 3.05) is 0 Å². The summed E-state index contributed by atoms with van der Waals surface area (Å²) in [6.45, 7) is 6.23. The van der Waals surface area contributed by atoms with Crippen molar-refractivity contribution in [3.63, 3.8) is 0 Å². The maximum absolute atomic E-state index is 5.08. The average Bonchev–Trinajstić information content (AvgIpc) is 3.84. The minimum absolute atomic E-state index is 0.630. The lowest BCUT2D eigenvalue weighted by Crippen LogP contribution is -2.00. The normalized spacial score (nSPS) is 11.7. The van der Waals surface area contributed by atoms with E-state index in [1.807, 2.05) is 84.2 Å². The fraction of sp³-hybridized carbons (Fsp3) is 0.0179. The van der Waals surface area contributed by atoms with Crippen LogP contribution in [0, 0.1) is 6.92 Å². The summed E-state index contributed by atoms with van der Waals surface area (Å²) in [4.78, 5) is 15.1. The van der Waals surface area contributed by atoms with Crippen LogP contribution in [0.4, 0.5) is 0 Å². The number of nitrogens with zero attached hydrogens (tertiary/aromatic N) is 4. The van der Waals surface area contributed by atoms with E-state index < -0.39 is 0 Å². The predicted octanol–water partition coefficient (Wildman–Crippen LogP) is 15.2. The first-order valence-corrected chi connectivity index (χ1v) is 21.3. The molecule has 0 unspecified atom stereocenters. The average molecular weight is 799 g/mol. The van der Waals surface area contributed by atoms with Gasteiger partial charge < -0.3 is 4.57 Å². The molecular formula is C56H38N4S. The highest BCUT2D eigenvalue weighted by molar-refractivity contribution is 7.26. The van der Waals surface area contributed by atoms with Gasteiger partial charge >= 0.3 is 0 Å². The predicted molar refractivity (Wildman–Crippen MR) is 258 cm³/mol. The third-order valence-corrected chi connectivity index (χ3v) is 12.8. The van der Waals surface area contributed by atoms with Crippen LogP contribution in [0.5, 0.6) is 0 Å². The fourth-order valence-electron chi connectivity index (χ4n) is 8.71. The molecule has 0 bridgehead atoms. The van der Waals surface area contributed by atoms with Gasteiger partial charge in [-0.3, -0.25) is 0 Å². The van der Waals surface area contributed by atoms with E-state index in [-0.39, 0.29) is 0 Å². The molecule has 61 heavy (non-hydrogen) atoms. The molecule has 288 valence electrons. The molecule has 0 amide bonds. The first-order chi connectivity index (χ1) is 30.1. The Labute approximate surface area is 358 Å². The maximum atomic E-state index is 5.08. The van der Waals surface area contributed by atoms with Crippen molar-refractivity contribution < 1.29 is 0 Å². The van der Waals surface area contributed by atoms with E-state index in [1.165, 1.54) is 53.0 Å². The Bertz CT molecular complexity index is 3440. The minimum Gasteiger partial charge on any atom is -0.313 e. The number of fused-ring (bicyclic) bond motifs is 5. The van der Waals surface area contributed by atoms with E-state index in [2.05, 4.69) is 145 Å². The highest BCUT2D eigenvalue weighted by atomic mass is 32.1. The molecule has 11 aromatic rings. The zero-order valence-electron chi connectivity index (χ0n) is 33.5. The van der Waals surface area contributed by atoms with Gasteiger partial charge in [-0.1, -0.05) is 176 Å². The minimum atomic E-state index is 0.630. The topological polar surface area (TPSA) is 43.6 Å². The highest BCUT2D eigenvalue weighted by Gasteiger charge is 2.20. The van der Waals surface area contributed by atoms with Crippen LogP contribution in [0.25, 0.3) is 110 Å². The molecule has 3 heterocycles. The summed E-state index contributed by atoms with van der Waals surface area (Å²) in [6, 6.07) is 64.5. The van der Waals surface area contributed by atoms with Crippen molar-refractivity contribution in [1.29, 1.82) is 0 Å². The van der Waals surface area contributed by atoms with E-state index in [1.54, 1.807) is 0 Å². The van der Waals surface area contributed by atoms with Crippen molar-refractivity contribution in [2.24, 2.45) is 0 Å². The van der Waals surface area contributed by atoms with Gasteiger partial charge in [0.2, 0.25) is 0 Å². The largest absolute Gasteiger partial charge is 0.313 e. The van der Waals surface area contributed by atoms with Gasteiger partial charge in [-0.2, -0.15) is 0 Å². The molecule has 0 N–H and O–H groups in total. The standard InChI is InChI=1S/C56H38N4S/c1-3-4-25-44-36(2)60(51-33-41(30-31-47(44)51)46-28-16-22-37-17-11-12-26-45(37)46)43-34-49(53-50(35-43)48-27-13-14-29-52(48)61-53)40-23-15-24-42(32-40)56-58-54(38-18-7-5-8-19-38)57-55(59-56)39-20-9-6-10-21-39/h3-35H,1H2,2H3/b25-4-. The van der Waals surface area contributed by atoms with Crippen LogP contribution in [-0.4, -0.2) is 19.5 Å². The Kier molecular flexibility index (Phi) is 9.02. The van der Waals surface area contributed by atoms with Gasteiger partial charge in [0, 0.05) is 64.8 Å². The summed E-state index contributed by atoms with van der Waals surface area (Å²) in [5, 5.41) is 6.14. The van der Waals surface area contributed by atoms with Crippen LogP contribution >= 0.6 is 11.3 Å². The van der Waals surface area contributed by atoms with Crippen molar-refractivity contribution in [2.45, 2.75) is 6.92 Å². The van der Waals surface area contributed by atoms with Crippen LogP contribution in [-0.2, 0) is 0 Å². The Balaban J connectivity index is 1.14. The summed E-state index contributed by atoms with van der Waals surface area (Å²) in [7, 11) is 0. The molecule has 5 heteroatoms. The number of rotatable bonds is 8. The SMILES string of the molecule is C=C/C=C\c1c(C)n(-c2cc(-c3cccc(-c4nc(-c5ccccc5)nc(-c5ccccc5)n4)c3)c3sc4ccccc4c3c2)c2cc(-c3cccc4ccccc34)ccc12.